The summed E-state index contributed by atoms with van der Waals surface area (Å²) < 4.78 is 0. The largest absolute Gasteiger partial charge is 0.503 e. The highest BCUT2D eigenvalue weighted by molar-refractivity contribution is 5.53. The smallest absolute Gasteiger partial charge is 0.450 e. The van der Waals surface area contributed by atoms with Gasteiger partial charge in [0, 0.05) is 0 Å². The van der Waals surface area contributed by atoms with Gasteiger partial charge in [0.15, 0.2) is 0 Å². The molecule has 0 heterocycles. The molecule has 2 rings (SSSR count). The normalized spacial score (nSPS) is 20.3. The summed E-state index contributed by atoms with van der Waals surface area (Å²) in [6.07, 6.45) is -0.0989. The molecule has 0 saturated heterocycles. The van der Waals surface area contributed by atoms with Crippen molar-refractivity contribution in [1.29, 1.82) is 10.5 Å². The van der Waals surface area contributed by atoms with Crippen molar-refractivity contribution in [2.45, 2.75) is 18.8 Å². The Morgan fingerprint density at radius 2 is 1.83 bits per heavy atom. The van der Waals surface area contributed by atoms with E-state index in [-0.39, 0.29) is 11.8 Å². The average molecular weight is 244 g/mol. The topological polar surface area (TPSA) is 105 Å². The maximum Gasteiger partial charge on any atom is 0.503 e. The Morgan fingerprint density at radius 1 is 1.22 bits per heavy atom. The van der Waals surface area contributed by atoms with Crippen molar-refractivity contribution in [2.75, 3.05) is 0 Å². The molecule has 0 saturated carbocycles. The number of hydrogen-bond acceptors (Lipinski definition) is 3. The van der Waals surface area contributed by atoms with Crippen LogP contribution in [0.15, 0.2) is 24.3 Å². The fraction of sp³-hybridized carbons (Fsp3) is 0.308. The number of nitriles is 2. The molecule has 5 heteroatoms. The first-order chi connectivity index (χ1) is 8.60. The average Bonchev–Trinajstić information content (AvgIpc) is 2.36. The van der Waals surface area contributed by atoms with Crippen molar-refractivity contribution in [3.8, 4) is 12.1 Å². The van der Waals surface area contributed by atoms with E-state index in [2.05, 4.69) is 12.1 Å². The van der Waals surface area contributed by atoms with E-state index in [0.717, 1.165) is 18.4 Å². The Hall–Kier alpha value is -2.53. The Balaban J connectivity index is 0.000000357. The third-order valence-electron chi connectivity index (χ3n) is 2.82. The summed E-state index contributed by atoms with van der Waals surface area (Å²) in [4.78, 5) is 8.56. The molecular weight excluding hydrogens is 232 g/mol. The summed E-state index contributed by atoms with van der Waals surface area (Å²) in [6, 6.07) is 12.4. The van der Waals surface area contributed by atoms with E-state index >= 15 is 0 Å². The lowest BCUT2D eigenvalue weighted by molar-refractivity contribution is 0.137. The molecule has 1 aliphatic rings. The van der Waals surface area contributed by atoms with Crippen LogP contribution in [0.5, 0.6) is 0 Å². The molecule has 1 aliphatic carbocycles. The quantitative estimate of drug-likeness (QED) is 0.729. The van der Waals surface area contributed by atoms with Crippen molar-refractivity contribution in [3.05, 3.63) is 35.4 Å². The molecule has 2 N–H and O–H groups in total. The van der Waals surface area contributed by atoms with Crippen molar-refractivity contribution in [3.63, 3.8) is 0 Å². The van der Waals surface area contributed by atoms with Crippen molar-refractivity contribution < 1.29 is 15.0 Å². The van der Waals surface area contributed by atoms with Gasteiger partial charge in [-0.2, -0.15) is 10.5 Å². The Morgan fingerprint density at radius 3 is 2.39 bits per heavy atom. The number of fused-ring (bicyclic) bond motifs is 1. The SMILES string of the molecule is N#CC1CCc2ccccc2C1C#N.O=C(O)O. The van der Waals surface area contributed by atoms with E-state index < -0.39 is 6.16 Å². The van der Waals surface area contributed by atoms with Gasteiger partial charge in [-0.25, -0.2) is 4.79 Å². The van der Waals surface area contributed by atoms with Crippen molar-refractivity contribution in [2.24, 2.45) is 5.92 Å². The summed E-state index contributed by atoms with van der Waals surface area (Å²) in [6.45, 7) is 0. The lowest BCUT2D eigenvalue weighted by Crippen LogP contribution is -2.18. The fourth-order valence-electron chi connectivity index (χ4n) is 2.06. The predicted octanol–water partition coefficient (Wildman–Crippen LogP) is 2.60. The molecule has 0 bridgehead atoms. The maximum absolute atomic E-state index is 9.04. The number of carboxylic acid groups (broad SMARTS) is 2. The standard InChI is InChI=1S/C12H10N2.CH2O3/c13-7-10-6-5-9-3-1-2-4-11(9)12(10)8-14;2-1(3)4/h1-4,10,12H,5-6H2;(H2,2,3,4). The highest BCUT2D eigenvalue weighted by Gasteiger charge is 2.28. The van der Waals surface area contributed by atoms with Gasteiger partial charge in [0.05, 0.1) is 24.0 Å². The summed E-state index contributed by atoms with van der Waals surface area (Å²) in [5, 5.41) is 31.9. The van der Waals surface area contributed by atoms with Crippen LogP contribution in [-0.4, -0.2) is 16.4 Å². The molecular formula is C13H12N2O3. The van der Waals surface area contributed by atoms with E-state index in [1.54, 1.807) is 0 Å². The van der Waals surface area contributed by atoms with Gasteiger partial charge in [0.25, 0.3) is 0 Å². The third-order valence-corrected chi connectivity index (χ3v) is 2.82. The number of nitrogens with zero attached hydrogens (tertiary/aromatic N) is 2. The number of aryl methyl sites for hydroxylation is 1. The zero-order chi connectivity index (χ0) is 13.5. The number of rotatable bonds is 0. The third kappa shape index (κ3) is 3.23. The highest BCUT2D eigenvalue weighted by Crippen LogP contribution is 2.35. The van der Waals surface area contributed by atoms with Crippen LogP contribution in [0.3, 0.4) is 0 Å². The van der Waals surface area contributed by atoms with Crippen LogP contribution in [0.1, 0.15) is 23.5 Å². The molecule has 0 spiro atoms. The second-order valence-electron chi connectivity index (χ2n) is 3.86. The molecule has 0 aromatic heterocycles. The molecule has 18 heavy (non-hydrogen) atoms. The Kier molecular flexibility index (Phi) is 4.71. The van der Waals surface area contributed by atoms with Crippen molar-refractivity contribution in [1.82, 2.24) is 0 Å². The summed E-state index contributed by atoms with van der Waals surface area (Å²) >= 11 is 0. The summed E-state index contributed by atoms with van der Waals surface area (Å²) in [5.74, 6) is -0.361. The monoisotopic (exact) mass is 244 g/mol. The predicted molar refractivity (Wildman–Crippen MR) is 62.9 cm³/mol. The van der Waals surface area contributed by atoms with Gasteiger partial charge in [-0.3, -0.25) is 0 Å². The molecule has 0 amide bonds. The lowest BCUT2D eigenvalue weighted by atomic mass is 9.76. The lowest BCUT2D eigenvalue weighted by Gasteiger charge is -2.24. The van der Waals surface area contributed by atoms with E-state index in [9.17, 15) is 0 Å². The summed E-state index contributed by atoms with van der Waals surface area (Å²) in [7, 11) is 0. The minimum atomic E-state index is -1.83. The van der Waals surface area contributed by atoms with Crippen LogP contribution < -0.4 is 0 Å². The van der Waals surface area contributed by atoms with Crippen LogP contribution in [0, 0.1) is 28.6 Å². The minimum absolute atomic E-state index is 0.130. The molecule has 1 aromatic rings. The minimum Gasteiger partial charge on any atom is -0.450 e. The fourth-order valence-corrected chi connectivity index (χ4v) is 2.06. The molecule has 2 atom stereocenters. The van der Waals surface area contributed by atoms with Crippen molar-refractivity contribution >= 4 is 6.16 Å². The van der Waals surface area contributed by atoms with E-state index in [0.29, 0.717) is 0 Å². The van der Waals surface area contributed by atoms with Gasteiger partial charge in [-0.05, 0) is 24.0 Å². The first-order valence-electron chi connectivity index (χ1n) is 5.39. The number of benzene rings is 1. The van der Waals surface area contributed by atoms with Gasteiger partial charge in [0.1, 0.15) is 0 Å². The van der Waals surface area contributed by atoms with Gasteiger partial charge < -0.3 is 10.2 Å². The molecule has 1 aromatic carbocycles. The highest BCUT2D eigenvalue weighted by atomic mass is 16.6. The molecule has 0 radical (unpaired) electrons. The second kappa shape index (κ2) is 6.27. The van der Waals surface area contributed by atoms with Crippen LogP contribution in [-0.2, 0) is 6.42 Å². The zero-order valence-corrected chi connectivity index (χ0v) is 9.58. The van der Waals surface area contributed by atoms with Gasteiger partial charge in [-0.1, -0.05) is 24.3 Å². The maximum atomic E-state index is 9.04. The first-order valence-corrected chi connectivity index (χ1v) is 5.39. The van der Waals surface area contributed by atoms with Gasteiger partial charge in [0.2, 0.25) is 0 Å². The van der Waals surface area contributed by atoms with Crippen LogP contribution in [0.2, 0.25) is 0 Å². The molecule has 0 fully saturated rings. The zero-order valence-electron chi connectivity index (χ0n) is 9.58. The van der Waals surface area contributed by atoms with E-state index in [4.69, 9.17) is 25.5 Å². The van der Waals surface area contributed by atoms with E-state index in [1.165, 1.54) is 5.56 Å². The summed E-state index contributed by atoms with van der Waals surface area (Å²) in [5.41, 5.74) is 2.28. The van der Waals surface area contributed by atoms with Crippen LogP contribution in [0.25, 0.3) is 0 Å². The number of hydrogen-bond donors (Lipinski definition) is 2. The van der Waals surface area contributed by atoms with Crippen LogP contribution >= 0.6 is 0 Å². The Bertz CT molecular complexity index is 510. The molecule has 92 valence electrons. The number of carbonyl (C=O) groups is 1. The Labute approximate surface area is 105 Å². The molecule has 0 aliphatic heterocycles. The molecule has 5 nitrogen and oxygen atoms in total. The van der Waals surface area contributed by atoms with Crippen LogP contribution in [0.4, 0.5) is 4.79 Å². The van der Waals surface area contributed by atoms with E-state index in [1.807, 2.05) is 24.3 Å². The van der Waals surface area contributed by atoms with Gasteiger partial charge >= 0.3 is 6.16 Å². The first kappa shape index (κ1) is 13.5. The van der Waals surface area contributed by atoms with Gasteiger partial charge in [-0.15, -0.1) is 0 Å². The molecule has 2 unspecified atom stereocenters. The second-order valence-corrected chi connectivity index (χ2v) is 3.86.